The van der Waals surface area contributed by atoms with Crippen molar-refractivity contribution in [1.29, 1.82) is 0 Å². The molecule has 0 saturated carbocycles. The third kappa shape index (κ3) is 2.85. The summed E-state index contributed by atoms with van der Waals surface area (Å²) in [5, 5.41) is 8.15. The predicted octanol–water partition coefficient (Wildman–Crippen LogP) is 1.55. The molecule has 17 heavy (non-hydrogen) atoms. The maximum absolute atomic E-state index is 5.73. The van der Waals surface area contributed by atoms with E-state index in [1.54, 1.807) is 4.68 Å². The zero-order valence-corrected chi connectivity index (χ0v) is 10.5. The molecule has 0 saturated heterocycles. The predicted molar refractivity (Wildman–Crippen MR) is 64.4 cm³/mol. The van der Waals surface area contributed by atoms with Gasteiger partial charge in [-0.1, -0.05) is 12.1 Å². The maximum Gasteiger partial charge on any atom is 0.142 e. The largest absolute Gasteiger partial charge is 0.489 e. The minimum atomic E-state index is 0.580. The number of ether oxygens (including phenoxy) is 2. The molecular weight excluding hydrogens is 218 g/mol. The molecule has 0 spiro atoms. The van der Waals surface area contributed by atoms with E-state index in [-0.39, 0.29) is 0 Å². The van der Waals surface area contributed by atoms with E-state index in [0.717, 1.165) is 43.0 Å². The minimum absolute atomic E-state index is 0.580. The van der Waals surface area contributed by atoms with Crippen LogP contribution in [0.2, 0.25) is 0 Å². The van der Waals surface area contributed by atoms with Crippen LogP contribution in [-0.4, -0.2) is 34.8 Å². The quantitative estimate of drug-likeness (QED) is 0.704. The van der Waals surface area contributed by atoms with Gasteiger partial charge in [0.2, 0.25) is 0 Å². The standard InChI is InChI=1S/C12H19N3O2/c1-3-7-16-8-9-17-11-6-4-5-10-12(11)15(2)14-13-10/h6H,3-5,7-9H2,1-2H3. The van der Waals surface area contributed by atoms with Gasteiger partial charge in [-0.15, -0.1) is 5.10 Å². The molecule has 5 nitrogen and oxygen atoms in total. The number of fused-ring (bicyclic) bond motifs is 1. The van der Waals surface area contributed by atoms with Crippen LogP contribution in [0.3, 0.4) is 0 Å². The fourth-order valence-electron chi connectivity index (χ4n) is 1.89. The normalized spacial score (nSPS) is 14.4. The first-order valence-corrected chi connectivity index (χ1v) is 6.12. The Balaban J connectivity index is 1.89. The number of aromatic nitrogens is 3. The molecule has 0 aliphatic heterocycles. The molecule has 1 heterocycles. The highest BCUT2D eigenvalue weighted by Crippen LogP contribution is 2.24. The Morgan fingerprint density at radius 3 is 3.06 bits per heavy atom. The van der Waals surface area contributed by atoms with Crippen LogP contribution in [0, 0.1) is 0 Å². The molecule has 0 unspecified atom stereocenters. The van der Waals surface area contributed by atoms with Crippen LogP contribution in [0.1, 0.15) is 31.2 Å². The van der Waals surface area contributed by atoms with Gasteiger partial charge in [-0.05, 0) is 25.3 Å². The van der Waals surface area contributed by atoms with Gasteiger partial charge in [-0.2, -0.15) is 0 Å². The number of hydrogen-bond acceptors (Lipinski definition) is 4. The average Bonchev–Trinajstić information content (AvgIpc) is 2.72. The average molecular weight is 237 g/mol. The van der Waals surface area contributed by atoms with E-state index < -0.39 is 0 Å². The monoisotopic (exact) mass is 237 g/mol. The second-order valence-electron chi connectivity index (χ2n) is 4.08. The summed E-state index contributed by atoms with van der Waals surface area (Å²) in [6.45, 7) is 4.10. The van der Waals surface area contributed by atoms with Gasteiger partial charge in [0.15, 0.2) is 0 Å². The van der Waals surface area contributed by atoms with Crippen molar-refractivity contribution in [3.63, 3.8) is 0 Å². The molecule has 0 atom stereocenters. The summed E-state index contributed by atoms with van der Waals surface area (Å²) in [5.41, 5.74) is 2.03. The number of rotatable bonds is 6. The Kier molecular flexibility index (Phi) is 4.14. The summed E-state index contributed by atoms with van der Waals surface area (Å²) >= 11 is 0. The van der Waals surface area contributed by atoms with Gasteiger partial charge in [0.1, 0.15) is 18.1 Å². The first-order valence-electron chi connectivity index (χ1n) is 6.12. The fourth-order valence-corrected chi connectivity index (χ4v) is 1.89. The molecule has 1 aliphatic rings. The van der Waals surface area contributed by atoms with Crippen LogP contribution in [0.4, 0.5) is 0 Å². The molecule has 2 rings (SSSR count). The van der Waals surface area contributed by atoms with Crippen LogP contribution in [0.5, 0.6) is 0 Å². The fraction of sp³-hybridized carbons (Fsp3) is 0.667. The summed E-state index contributed by atoms with van der Waals surface area (Å²) in [5.74, 6) is 0.888. The second-order valence-corrected chi connectivity index (χ2v) is 4.08. The van der Waals surface area contributed by atoms with Gasteiger partial charge in [-0.25, -0.2) is 4.68 Å². The van der Waals surface area contributed by atoms with E-state index in [9.17, 15) is 0 Å². The van der Waals surface area contributed by atoms with Gasteiger partial charge >= 0.3 is 0 Å². The number of hydrogen-bond donors (Lipinski definition) is 0. The van der Waals surface area contributed by atoms with Crippen LogP contribution >= 0.6 is 0 Å². The van der Waals surface area contributed by atoms with Crippen molar-refractivity contribution in [2.75, 3.05) is 19.8 Å². The van der Waals surface area contributed by atoms with E-state index in [0.29, 0.717) is 13.2 Å². The highest BCUT2D eigenvalue weighted by atomic mass is 16.5. The number of allylic oxidation sites excluding steroid dienone is 1. The van der Waals surface area contributed by atoms with Crippen LogP contribution in [-0.2, 0) is 22.9 Å². The van der Waals surface area contributed by atoms with Crippen molar-refractivity contribution in [2.45, 2.75) is 26.2 Å². The van der Waals surface area contributed by atoms with E-state index in [1.165, 1.54) is 0 Å². The van der Waals surface area contributed by atoms with Crippen LogP contribution < -0.4 is 0 Å². The molecule has 1 aromatic rings. The van der Waals surface area contributed by atoms with Gasteiger partial charge in [-0.3, -0.25) is 0 Å². The lowest BCUT2D eigenvalue weighted by molar-refractivity contribution is 0.0910. The molecule has 0 amide bonds. The number of nitrogens with zero attached hydrogens (tertiary/aromatic N) is 3. The van der Waals surface area contributed by atoms with Crippen LogP contribution in [0.25, 0.3) is 5.76 Å². The molecule has 1 aromatic heterocycles. The van der Waals surface area contributed by atoms with E-state index in [1.807, 2.05) is 7.05 Å². The lowest BCUT2D eigenvalue weighted by Crippen LogP contribution is -2.10. The van der Waals surface area contributed by atoms with Gasteiger partial charge in [0.05, 0.1) is 12.3 Å². The van der Waals surface area contributed by atoms with Gasteiger partial charge < -0.3 is 9.47 Å². The van der Waals surface area contributed by atoms with Gasteiger partial charge in [0.25, 0.3) is 0 Å². The van der Waals surface area contributed by atoms with Crippen molar-refractivity contribution in [3.8, 4) is 0 Å². The molecule has 94 valence electrons. The van der Waals surface area contributed by atoms with Crippen LogP contribution in [0.15, 0.2) is 6.08 Å². The first kappa shape index (κ1) is 12.1. The van der Waals surface area contributed by atoms with Gasteiger partial charge in [0, 0.05) is 13.7 Å². The first-order chi connectivity index (χ1) is 8.33. The van der Waals surface area contributed by atoms with Crippen molar-refractivity contribution < 1.29 is 9.47 Å². The summed E-state index contributed by atoms with van der Waals surface area (Å²) in [6, 6.07) is 0. The highest BCUT2D eigenvalue weighted by Gasteiger charge is 2.19. The Labute approximate surface area is 101 Å². The maximum atomic E-state index is 5.73. The van der Waals surface area contributed by atoms with E-state index >= 15 is 0 Å². The Bertz CT molecular complexity index is 398. The minimum Gasteiger partial charge on any atom is -0.489 e. The third-order valence-electron chi connectivity index (χ3n) is 2.67. The molecule has 0 radical (unpaired) electrons. The molecule has 1 aliphatic carbocycles. The second kappa shape index (κ2) is 5.82. The zero-order chi connectivity index (χ0) is 12.1. The topological polar surface area (TPSA) is 49.2 Å². The van der Waals surface area contributed by atoms with Crippen molar-refractivity contribution in [1.82, 2.24) is 15.0 Å². The lowest BCUT2D eigenvalue weighted by atomic mass is 10.1. The summed E-state index contributed by atoms with van der Waals surface area (Å²) in [4.78, 5) is 0. The molecule has 0 N–H and O–H groups in total. The smallest absolute Gasteiger partial charge is 0.142 e. The number of aryl methyl sites for hydroxylation is 2. The summed E-state index contributed by atoms with van der Waals surface area (Å²) in [6.07, 6.45) is 5.06. The van der Waals surface area contributed by atoms with Crippen molar-refractivity contribution in [2.24, 2.45) is 7.05 Å². The third-order valence-corrected chi connectivity index (χ3v) is 2.67. The zero-order valence-electron chi connectivity index (χ0n) is 10.5. The van der Waals surface area contributed by atoms with Crippen molar-refractivity contribution in [3.05, 3.63) is 17.5 Å². The van der Waals surface area contributed by atoms with Crippen molar-refractivity contribution >= 4 is 5.76 Å². The van der Waals surface area contributed by atoms with E-state index in [4.69, 9.17) is 9.47 Å². The Morgan fingerprint density at radius 1 is 1.35 bits per heavy atom. The highest BCUT2D eigenvalue weighted by molar-refractivity contribution is 5.60. The molecule has 0 bridgehead atoms. The summed E-state index contributed by atoms with van der Waals surface area (Å²) < 4.78 is 12.9. The molecule has 0 aromatic carbocycles. The Morgan fingerprint density at radius 2 is 2.24 bits per heavy atom. The molecule has 5 heteroatoms. The summed E-state index contributed by atoms with van der Waals surface area (Å²) in [7, 11) is 1.89. The SMILES string of the molecule is CCCOCCOC1=CCCc2nnn(C)c21. The molecular formula is C12H19N3O2. The van der Waals surface area contributed by atoms with E-state index in [2.05, 4.69) is 23.3 Å². The molecule has 0 fully saturated rings. The lowest BCUT2D eigenvalue weighted by Gasteiger charge is -2.15. The Hall–Kier alpha value is -1.36.